The molecule has 0 bridgehead atoms. The molecule has 2 aromatic carbocycles. The molecule has 0 aliphatic rings. The van der Waals surface area contributed by atoms with Crippen LogP contribution < -0.4 is 10.5 Å². The predicted octanol–water partition coefficient (Wildman–Crippen LogP) is 3.95. The number of nitrogens with two attached hydrogens (primary N) is 1. The lowest BCUT2D eigenvalue weighted by molar-refractivity contribution is -0.138. The lowest BCUT2D eigenvalue weighted by Crippen LogP contribution is -2.32. The van der Waals surface area contributed by atoms with Crippen molar-refractivity contribution in [2.45, 2.75) is 12.5 Å². The standard InChI is InChI=1S/C15H12I3NO4/c16-9-6-8(1-2-13(9)20)23-14-10(17)3-7(4-11(14)18)5-12(19)15(21)22/h1-4,6,12,20H,5,19H2,(H,21,22)/t12-/m0/s1/i1+1,2+1,6+1,8+1,9+1,13+1. The van der Waals surface area contributed by atoms with E-state index < -0.39 is 12.0 Å². The summed E-state index contributed by atoms with van der Waals surface area (Å²) in [5.74, 6) is 0.507. The number of benzene rings is 2. The highest BCUT2D eigenvalue weighted by atomic mass is 127. The summed E-state index contributed by atoms with van der Waals surface area (Å²) in [6, 6.07) is 7.83. The highest BCUT2D eigenvalue weighted by molar-refractivity contribution is 14.1. The highest BCUT2D eigenvalue weighted by Crippen LogP contribution is 2.34. The van der Waals surface area contributed by atoms with Crippen molar-refractivity contribution < 1.29 is 19.7 Å². The van der Waals surface area contributed by atoms with Gasteiger partial charge in [-0.15, -0.1) is 0 Å². The first-order valence-electron chi connectivity index (χ1n) is 6.40. The summed E-state index contributed by atoms with van der Waals surface area (Å²) in [4.78, 5) is 10.9. The molecular formula is C15H12I3NO4. The second kappa shape index (κ2) is 8.16. The van der Waals surface area contributed by atoms with E-state index in [-0.39, 0.29) is 12.2 Å². The molecule has 4 N–H and O–H groups in total. The van der Waals surface area contributed by atoms with Gasteiger partial charge in [0.1, 0.15) is 17.5 Å². The molecule has 8 heteroatoms. The van der Waals surface area contributed by atoms with Gasteiger partial charge in [0.05, 0.1) is 10.7 Å². The van der Waals surface area contributed by atoms with Crippen LogP contribution in [0.15, 0.2) is 30.3 Å². The van der Waals surface area contributed by atoms with Gasteiger partial charge in [0.2, 0.25) is 0 Å². The van der Waals surface area contributed by atoms with Crippen molar-refractivity contribution >= 4 is 73.7 Å². The number of rotatable bonds is 5. The van der Waals surface area contributed by atoms with E-state index in [1.807, 2.05) is 34.7 Å². The van der Waals surface area contributed by atoms with Gasteiger partial charge in [-0.3, -0.25) is 4.79 Å². The van der Waals surface area contributed by atoms with Crippen molar-refractivity contribution in [2.24, 2.45) is 5.73 Å². The Morgan fingerprint density at radius 1 is 1.13 bits per heavy atom. The average molecular weight is 657 g/mol. The molecule has 1 atom stereocenters. The molecule has 0 unspecified atom stereocenters. The second-order valence-electron chi connectivity index (χ2n) is 4.75. The molecule has 2 rings (SSSR count). The van der Waals surface area contributed by atoms with E-state index in [1.165, 1.54) is 0 Å². The summed E-state index contributed by atoms with van der Waals surface area (Å²) in [6.07, 6.45) is 0.263. The van der Waals surface area contributed by atoms with E-state index >= 15 is 0 Å². The molecular weight excluding hydrogens is 645 g/mol. The van der Waals surface area contributed by atoms with Crippen molar-refractivity contribution in [2.75, 3.05) is 0 Å². The Kier molecular flexibility index (Phi) is 6.74. The molecule has 0 aliphatic carbocycles. The van der Waals surface area contributed by atoms with E-state index in [4.69, 9.17) is 15.6 Å². The highest BCUT2D eigenvalue weighted by Gasteiger charge is 2.16. The van der Waals surface area contributed by atoms with Crippen molar-refractivity contribution in [3.63, 3.8) is 0 Å². The van der Waals surface area contributed by atoms with Crippen molar-refractivity contribution in [1.29, 1.82) is 0 Å². The molecule has 0 heterocycles. The zero-order chi connectivity index (χ0) is 17.1. The first kappa shape index (κ1) is 19.0. The fraction of sp³-hybridized carbons (Fsp3) is 0.133. The number of phenols is 1. The first-order chi connectivity index (χ1) is 10.8. The van der Waals surface area contributed by atoms with Gasteiger partial charge in [-0.1, -0.05) is 0 Å². The van der Waals surface area contributed by atoms with Crippen LogP contribution in [0.1, 0.15) is 5.56 Å². The fourth-order valence-corrected chi connectivity index (χ4v) is 4.44. The minimum atomic E-state index is -1.02. The number of ether oxygens (including phenoxy) is 1. The Bertz CT molecular complexity index is 728. The largest absolute Gasteiger partial charge is 0.507 e. The monoisotopic (exact) mass is 657 g/mol. The molecule has 0 amide bonds. The normalized spacial score (nSPS) is 12.0. The van der Waals surface area contributed by atoms with Gasteiger partial charge in [0, 0.05) is 0 Å². The third kappa shape index (κ3) is 5.06. The van der Waals surface area contributed by atoms with Crippen LogP contribution >= 0.6 is 67.8 Å². The maximum atomic E-state index is 10.9. The van der Waals surface area contributed by atoms with Crippen molar-refractivity contribution in [1.82, 2.24) is 0 Å². The van der Waals surface area contributed by atoms with Gasteiger partial charge in [-0.05, 0) is 110 Å². The van der Waals surface area contributed by atoms with Crippen LogP contribution in [-0.4, -0.2) is 22.2 Å². The van der Waals surface area contributed by atoms with Gasteiger partial charge in [-0.25, -0.2) is 0 Å². The van der Waals surface area contributed by atoms with Gasteiger partial charge >= 0.3 is 5.97 Å². The second-order valence-corrected chi connectivity index (χ2v) is 8.24. The Labute approximate surface area is 174 Å². The molecule has 23 heavy (non-hydrogen) atoms. The van der Waals surface area contributed by atoms with Crippen LogP contribution in [0.4, 0.5) is 0 Å². The van der Waals surface area contributed by atoms with E-state index in [1.54, 1.807) is 18.2 Å². The molecule has 0 aromatic heterocycles. The number of aromatic hydroxyl groups is 1. The molecule has 0 saturated carbocycles. The number of halogens is 3. The quantitative estimate of drug-likeness (QED) is 0.424. The van der Waals surface area contributed by atoms with Crippen LogP contribution in [0, 0.1) is 10.7 Å². The summed E-state index contributed by atoms with van der Waals surface area (Å²) in [5.41, 5.74) is 6.43. The predicted molar refractivity (Wildman–Crippen MR) is 112 cm³/mol. The maximum absolute atomic E-state index is 10.9. The summed E-state index contributed by atoms with van der Waals surface area (Å²) in [7, 11) is 0. The molecule has 5 nitrogen and oxygen atoms in total. The molecule has 0 saturated heterocycles. The number of hydrogen-bond donors (Lipinski definition) is 3. The van der Waals surface area contributed by atoms with Crippen LogP contribution in [0.25, 0.3) is 0 Å². The zero-order valence-electron chi connectivity index (χ0n) is 11.6. The SMILES string of the molecule is N[C@@H](Cc1cc(I)c(O[13c]2[13cH][13cH][13c](O)[13c](I)[13cH]2)c(I)c1)C(=O)O. The number of hydrogen-bond acceptors (Lipinski definition) is 4. The number of carbonyl (C=O) groups is 1. The minimum Gasteiger partial charge on any atom is -0.507 e. The number of carboxylic acids is 1. The number of carboxylic acid groups (broad SMARTS) is 1. The Morgan fingerprint density at radius 2 is 1.74 bits per heavy atom. The number of phenolic OH excluding ortho intramolecular Hbond substituents is 1. The first-order valence-corrected chi connectivity index (χ1v) is 9.64. The van der Waals surface area contributed by atoms with Gasteiger partial charge in [-0.2, -0.15) is 0 Å². The van der Waals surface area contributed by atoms with E-state index in [0.717, 1.165) is 12.7 Å². The smallest absolute Gasteiger partial charge is 0.320 e. The van der Waals surface area contributed by atoms with Gasteiger partial charge in [0.25, 0.3) is 0 Å². The topological polar surface area (TPSA) is 92.8 Å². The molecule has 0 aliphatic heterocycles. The average Bonchev–Trinajstić information content (AvgIpc) is 2.46. The molecule has 0 spiro atoms. The maximum Gasteiger partial charge on any atom is 0.320 e. The molecule has 2 aromatic rings. The van der Waals surface area contributed by atoms with Gasteiger partial charge in [0.15, 0.2) is 5.75 Å². The molecule has 122 valence electrons. The molecule has 0 fully saturated rings. The zero-order valence-corrected chi connectivity index (χ0v) is 18.1. The van der Waals surface area contributed by atoms with E-state index in [2.05, 4.69) is 45.2 Å². The van der Waals surface area contributed by atoms with Crippen LogP contribution in [0.3, 0.4) is 0 Å². The van der Waals surface area contributed by atoms with Crippen molar-refractivity contribution in [3.8, 4) is 17.2 Å². The lowest BCUT2D eigenvalue weighted by atomic mass is 10.1. The van der Waals surface area contributed by atoms with Gasteiger partial charge < -0.3 is 20.7 Å². The van der Waals surface area contributed by atoms with Crippen LogP contribution in [0.2, 0.25) is 0 Å². The Hall–Kier alpha value is -0.340. The summed E-state index contributed by atoms with van der Waals surface area (Å²) >= 11 is 6.33. The lowest BCUT2D eigenvalue weighted by Gasteiger charge is -2.13. The molecule has 0 radical (unpaired) electrons. The third-order valence-corrected chi connectivity index (χ3v) is 5.44. The summed E-state index contributed by atoms with van der Waals surface area (Å²) < 4.78 is 8.34. The third-order valence-electron chi connectivity index (χ3n) is 2.97. The minimum absolute atomic E-state index is 0.209. The van der Waals surface area contributed by atoms with Crippen LogP contribution in [-0.2, 0) is 11.2 Å². The van der Waals surface area contributed by atoms with E-state index in [0.29, 0.717) is 15.1 Å². The fourth-order valence-electron chi connectivity index (χ4n) is 1.84. The summed E-state index contributed by atoms with van der Waals surface area (Å²) in [6.45, 7) is 0. The number of aliphatic carboxylic acids is 1. The van der Waals surface area contributed by atoms with Crippen molar-refractivity contribution in [3.05, 3.63) is 46.6 Å². The Morgan fingerprint density at radius 3 is 2.26 bits per heavy atom. The summed E-state index contributed by atoms with van der Waals surface area (Å²) in [5, 5.41) is 18.5. The van der Waals surface area contributed by atoms with E-state index in [9.17, 15) is 9.90 Å². The van der Waals surface area contributed by atoms with Crippen LogP contribution in [0.5, 0.6) is 17.2 Å². The Balaban J connectivity index is 2.26.